The molecule has 0 saturated heterocycles. The number of hydrogen-bond acceptors (Lipinski definition) is 5. The molecule has 0 aliphatic rings. The number of hydrogen-bond donors (Lipinski definition) is 2. The highest BCUT2D eigenvalue weighted by Crippen LogP contribution is 2.39. The van der Waals surface area contributed by atoms with Gasteiger partial charge in [0.2, 0.25) is 0 Å². The van der Waals surface area contributed by atoms with Crippen LogP contribution < -0.4 is 10.1 Å². The predicted octanol–water partition coefficient (Wildman–Crippen LogP) is 8.43. The maximum Gasteiger partial charge on any atom is 0.257 e. The van der Waals surface area contributed by atoms with Gasteiger partial charge in [-0.3, -0.25) is 4.79 Å². The van der Waals surface area contributed by atoms with Crippen LogP contribution in [0.5, 0.6) is 11.5 Å². The van der Waals surface area contributed by atoms with Gasteiger partial charge in [-0.2, -0.15) is 5.26 Å². The Morgan fingerprint density at radius 1 is 1.03 bits per heavy atom. The van der Waals surface area contributed by atoms with Crippen molar-refractivity contribution in [3.8, 4) is 16.9 Å². The number of phenolic OH excluding ortho intramolecular Hbond substituents is 1. The number of rotatable bonds is 11. The Hall–Kier alpha value is -3.17. The molecule has 0 radical (unpaired) electrons. The number of carbonyl (C=O) groups is 1. The molecule has 1 unspecified atom stereocenters. The number of nitriles is 1. The molecule has 0 aromatic heterocycles. The average molecular weight is 533 g/mol. The van der Waals surface area contributed by atoms with Crippen LogP contribution in [0.3, 0.4) is 0 Å². The van der Waals surface area contributed by atoms with Crippen molar-refractivity contribution in [3.63, 3.8) is 0 Å². The SMILES string of the molecule is CCCC(NC(=O)c1cc(SC#N)c2ccccc2c1O)Oc1ccc(C(C)(C)CC)cc1C(C)(C)CC. The largest absolute Gasteiger partial charge is 0.506 e. The summed E-state index contributed by atoms with van der Waals surface area (Å²) < 4.78 is 6.50. The van der Waals surface area contributed by atoms with Crippen molar-refractivity contribution >= 4 is 28.4 Å². The molecule has 0 aliphatic heterocycles. The molecule has 0 fully saturated rings. The summed E-state index contributed by atoms with van der Waals surface area (Å²) in [6.07, 6.45) is 2.79. The van der Waals surface area contributed by atoms with E-state index in [0.717, 1.165) is 47.7 Å². The molecule has 2 N–H and O–H groups in total. The summed E-state index contributed by atoms with van der Waals surface area (Å²) in [5.41, 5.74) is 2.44. The van der Waals surface area contributed by atoms with Gasteiger partial charge in [0.25, 0.3) is 5.91 Å². The average Bonchev–Trinajstić information content (AvgIpc) is 2.90. The van der Waals surface area contributed by atoms with Crippen LogP contribution in [0.4, 0.5) is 0 Å². The Bertz CT molecular complexity index is 1340. The van der Waals surface area contributed by atoms with Gasteiger partial charge in [-0.1, -0.05) is 91.3 Å². The van der Waals surface area contributed by atoms with Crippen LogP contribution in [0.25, 0.3) is 10.8 Å². The first-order valence-corrected chi connectivity index (χ1v) is 14.2. The summed E-state index contributed by atoms with van der Waals surface area (Å²) in [5, 5.41) is 26.6. The molecule has 5 nitrogen and oxygen atoms in total. The van der Waals surface area contributed by atoms with E-state index in [1.807, 2.05) is 25.1 Å². The van der Waals surface area contributed by atoms with Crippen LogP contribution >= 0.6 is 11.8 Å². The lowest BCUT2D eigenvalue weighted by Crippen LogP contribution is -2.39. The zero-order valence-corrected chi connectivity index (χ0v) is 24.5. The van der Waals surface area contributed by atoms with E-state index in [9.17, 15) is 15.2 Å². The Balaban J connectivity index is 1.99. The van der Waals surface area contributed by atoms with Crippen LogP contribution in [0.1, 0.15) is 95.6 Å². The minimum absolute atomic E-state index is 0.0426. The van der Waals surface area contributed by atoms with Crippen LogP contribution in [-0.4, -0.2) is 17.2 Å². The molecular weight excluding hydrogens is 492 g/mol. The van der Waals surface area contributed by atoms with Gasteiger partial charge in [0, 0.05) is 27.7 Å². The number of amides is 1. The smallest absolute Gasteiger partial charge is 0.257 e. The molecule has 1 amide bonds. The number of thioether (sulfide) groups is 1. The minimum atomic E-state index is -0.582. The first kappa shape index (κ1) is 29.4. The molecular formula is C32H40N2O3S. The molecule has 0 aliphatic carbocycles. The standard InChI is InChI=1S/C32H40N2O3S/c1-8-13-28(37-26-17-16-21(31(4,5)9-2)18-25(26)32(6,7)10-3)34-30(36)24-19-27(38-20-33)22-14-11-12-15-23(22)29(24)35/h11-12,14-19,28,35H,8-10,13H2,1-7H3,(H,34,36). The number of aromatic hydroxyl groups is 1. The van der Waals surface area contributed by atoms with E-state index in [1.165, 1.54) is 5.56 Å². The number of nitrogens with one attached hydrogen (secondary N) is 1. The lowest BCUT2D eigenvalue weighted by molar-refractivity contribution is 0.0807. The van der Waals surface area contributed by atoms with Crippen LogP contribution in [0.15, 0.2) is 53.4 Å². The molecule has 1 atom stereocenters. The van der Waals surface area contributed by atoms with Crippen LogP contribution in [-0.2, 0) is 10.8 Å². The van der Waals surface area contributed by atoms with E-state index in [4.69, 9.17) is 4.74 Å². The van der Waals surface area contributed by atoms with E-state index < -0.39 is 12.1 Å². The number of nitrogens with zero attached hydrogens (tertiary/aromatic N) is 1. The van der Waals surface area contributed by atoms with Crippen LogP contribution in [0, 0.1) is 10.7 Å². The number of ether oxygens (including phenoxy) is 1. The summed E-state index contributed by atoms with van der Waals surface area (Å²) in [4.78, 5) is 14.1. The Labute approximate surface area is 231 Å². The van der Waals surface area contributed by atoms with Gasteiger partial charge in [-0.25, -0.2) is 0 Å². The van der Waals surface area contributed by atoms with Gasteiger partial charge in [0.1, 0.15) is 16.9 Å². The van der Waals surface area contributed by atoms with Gasteiger partial charge < -0.3 is 15.2 Å². The maximum absolute atomic E-state index is 13.5. The first-order valence-electron chi connectivity index (χ1n) is 13.4. The lowest BCUT2D eigenvalue weighted by atomic mass is 9.76. The van der Waals surface area contributed by atoms with E-state index >= 15 is 0 Å². The number of thiocyanates is 1. The third-order valence-electron chi connectivity index (χ3n) is 7.75. The fraction of sp³-hybridized carbons (Fsp3) is 0.438. The summed E-state index contributed by atoms with van der Waals surface area (Å²) in [5.74, 6) is 0.218. The van der Waals surface area contributed by atoms with Crippen molar-refractivity contribution in [2.75, 3.05) is 0 Å². The predicted molar refractivity (Wildman–Crippen MR) is 157 cm³/mol. The van der Waals surface area contributed by atoms with E-state index in [0.29, 0.717) is 16.7 Å². The quantitative estimate of drug-likeness (QED) is 0.147. The van der Waals surface area contributed by atoms with Gasteiger partial charge in [-0.05, 0) is 53.1 Å². The monoisotopic (exact) mass is 532 g/mol. The van der Waals surface area contributed by atoms with Gasteiger partial charge in [0.05, 0.1) is 5.56 Å². The number of carbonyl (C=O) groups excluding carboxylic acids is 1. The summed E-state index contributed by atoms with van der Waals surface area (Å²) >= 11 is 0.972. The minimum Gasteiger partial charge on any atom is -0.506 e. The first-order chi connectivity index (χ1) is 18.0. The van der Waals surface area contributed by atoms with E-state index in [-0.39, 0.29) is 22.1 Å². The fourth-order valence-corrected chi connectivity index (χ4v) is 4.97. The topological polar surface area (TPSA) is 82.4 Å². The Kier molecular flexibility index (Phi) is 9.38. The molecule has 0 bridgehead atoms. The zero-order chi connectivity index (χ0) is 28.1. The summed E-state index contributed by atoms with van der Waals surface area (Å²) in [6, 6.07) is 15.2. The highest BCUT2D eigenvalue weighted by Gasteiger charge is 2.28. The highest BCUT2D eigenvalue weighted by atomic mass is 32.2. The fourth-order valence-electron chi connectivity index (χ4n) is 4.41. The normalized spacial score (nSPS) is 12.7. The number of fused-ring (bicyclic) bond motifs is 1. The third kappa shape index (κ3) is 6.27. The van der Waals surface area contributed by atoms with Gasteiger partial charge in [-0.15, -0.1) is 0 Å². The third-order valence-corrected chi connectivity index (χ3v) is 8.40. The summed E-state index contributed by atoms with van der Waals surface area (Å²) in [6.45, 7) is 15.3. The molecule has 0 saturated carbocycles. The number of phenols is 1. The van der Waals surface area contributed by atoms with Gasteiger partial charge >= 0.3 is 0 Å². The maximum atomic E-state index is 13.5. The highest BCUT2D eigenvalue weighted by molar-refractivity contribution is 8.04. The lowest BCUT2D eigenvalue weighted by Gasteiger charge is -2.32. The second-order valence-electron chi connectivity index (χ2n) is 11.1. The molecule has 3 aromatic carbocycles. The molecule has 3 aromatic rings. The molecule has 202 valence electrons. The van der Waals surface area contributed by atoms with E-state index in [2.05, 4.69) is 64.4 Å². The van der Waals surface area contributed by atoms with Crippen molar-refractivity contribution in [2.24, 2.45) is 0 Å². The van der Waals surface area contributed by atoms with Crippen molar-refractivity contribution in [1.82, 2.24) is 5.32 Å². The van der Waals surface area contributed by atoms with Crippen molar-refractivity contribution in [1.29, 1.82) is 5.26 Å². The molecule has 6 heteroatoms. The number of benzene rings is 3. The molecule has 3 rings (SSSR count). The van der Waals surface area contributed by atoms with E-state index in [1.54, 1.807) is 18.2 Å². The Morgan fingerprint density at radius 3 is 2.29 bits per heavy atom. The van der Waals surface area contributed by atoms with Crippen molar-refractivity contribution < 1.29 is 14.6 Å². The van der Waals surface area contributed by atoms with Crippen molar-refractivity contribution in [2.45, 2.75) is 96.1 Å². The van der Waals surface area contributed by atoms with Gasteiger partial charge in [0.15, 0.2) is 6.23 Å². The van der Waals surface area contributed by atoms with Crippen molar-refractivity contribution in [3.05, 3.63) is 65.2 Å². The molecule has 0 spiro atoms. The second-order valence-corrected chi connectivity index (χ2v) is 11.9. The molecule has 0 heterocycles. The molecule has 38 heavy (non-hydrogen) atoms. The summed E-state index contributed by atoms with van der Waals surface area (Å²) in [7, 11) is 0. The Morgan fingerprint density at radius 2 is 1.68 bits per heavy atom. The second kappa shape index (κ2) is 12.1. The zero-order valence-electron chi connectivity index (χ0n) is 23.6. The van der Waals surface area contributed by atoms with Crippen LogP contribution in [0.2, 0.25) is 0 Å².